The van der Waals surface area contributed by atoms with E-state index in [2.05, 4.69) is 42.1 Å². The summed E-state index contributed by atoms with van der Waals surface area (Å²) in [6, 6.07) is 10.0. The third-order valence-corrected chi connectivity index (χ3v) is 4.71. The van der Waals surface area contributed by atoms with Crippen LogP contribution in [0.4, 0.5) is 0 Å². The van der Waals surface area contributed by atoms with Crippen LogP contribution >= 0.6 is 11.3 Å². The smallest absolute Gasteiger partial charge is 0.259 e. The molecule has 0 N–H and O–H groups in total. The molecule has 3 aromatic rings. The summed E-state index contributed by atoms with van der Waals surface area (Å²) in [5.74, 6) is 0. The molecule has 0 amide bonds. The van der Waals surface area contributed by atoms with E-state index < -0.39 is 0 Å². The van der Waals surface area contributed by atoms with Gasteiger partial charge in [-0.05, 0) is 32.0 Å². The molecule has 0 aliphatic carbocycles. The molecule has 1 aromatic carbocycles. The van der Waals surface area contributed by atoms with Crippen molar-refractivity contribution < 1.29 is 0 Å². The molecule has 2 heterocycles. The van der Waals surface area contributed by atoms with Gasteiger partial charge < -0.3 is 0 Å². The summed E-state index contributed by atoms with van der Waals surface area (Å²) in [4.78, 5) is 19.7. The number of aryl methyl sites for hydroxylation is 2. The number of thiazole rings is 1. The zero-order chi connectivity index (χ0) is 15.7. The summed E-state index contributed by atoms with van der Waals surface area (Å²) in [6.07, 6.45) is 0. The molecule has 4 nitrogen and oxygen atoms in total. The highest BCUT2D eigenvalue weighted by atomic mass is 32.1. The van der Waals surface area contributed by atoms with Crippen LogP contribution in [0, 0.1) is 13.8 Å². The van der Waals surface area contributed by atoms with E-state index in [9.17, 15) is 4.79 Å². The van der Waals surface area contributed by atoms with Gasteiger partial charge in [-0.2, -0.15) is 0 Å². The maximum Gasteiger partial charge on any atom is 0.259 e. The Labute approximate surface area is 133 Å². The van der Waals surface area contributed by atoms with Crippen molar-refractivity contribution in [3.63, 3.8) is 0 Å². The van der Waals surface area contributed by atoms with Gasteiger partial charge in [-0.1, -0.05) is 24.3 Å². The quantitative estimate of drug-likeness (QED) is 0.743. The van der Waals surface area contributed by atoms with Gasteiger partial charge in [-0.3, -0.25) is 14.1 Å². The van der Waals surface area contributed by atoms with Crippen LogP contribution in [0.25, 0.3) is 4.96 Å². The second-order valence-electron chi connectivity index (χ2n) is 5.68. The van der Waals surface area contributed by atoms with Gasteiger partial charge in [0.15, 0.2) is 4.96 Å². The normalized spacial score (nSPS) is 11.5. The van der Waals surface area contributed by atoms with Gasteiger partial charge in [0.1, 0.15) is 0 Å². The maximum atomic E-state index is 12.2. The highest BCUT2D eigenvalue weighted by molar-refractivity contribution is 7.15. The lowest BCUT2D eigenvalue weighted by atomic mass is 10.1. The zero-order valence-electron chi connectivity index (χ0n) is 13.0. The van der Waals surface area contributed by atoms with Crippen molar-refractivity contribution in [2.75, 3.05) is 7.05 Å². The van der Waals surface area contributed by atoms with E-state index in [1.54, 1.807) is 10.5 Å². The number of aromatic nitrogens is 2. The summed E-state index contributed by atoms with van der Waals surface area (Å²) in [5, 5.41) is 1.96. The lowest BCUT2D eigenvalue weighted by molar-refractivity contribution is 0.314. The molecule has 5 heteroatoms. The van der Waals surface area contributed by atoms with Crippen LogP contribution in [0.3, 0.4) is 0 Å². The number of hydrogen-bond donors (Lipinski definition) is 0. The first kappa shape index (κ1) is 14.9. The van der Waals surface area contributed by atoms with Gasteiger partial charge in [0, 0.05) is 30.2 Å². The third-order valence-electron chi connectivity index (χ3n) is 3.76. The Morgan fingerprint density at radius 1 is 1.23 bits per heavy atom. The zero-order valence-corrected chi connectivity index (χ0v) is 13.9. The van der Waals surface area contributed by atoms with E-state index in [0.29, 0.717) is 6.54 Å². The van der Waals surface area contributed by atoms with Crippen molar-refractivity contribution in [3.05, 3.63) is 68.6 Å². The molecule has 114 valence electrons. The van der Waals surface area contributed by atoms with Crippen molar-refractivity contribution in [2.24, 2.45) is 0 Å². The van der Waals surface area contributed by atoms with E-state index in [0.717, 1.165) is 22.9 Å². The second-order valence-corrected chi connectivity index (χ2v) is 6.52. The van der Waals surface area contributed by atoms with Crippen LogP contribution in [0.2, 0.25) is 0 Å². The first-order valence-corrected chi connectivity index (χ1v) is 8.12. The van der Waals surface area contributed by atoms with E-state index in [1.165, 1.54) is 22.5 Å². The Morgan fingerprint density at radius 2 is 2.00 bits per heavy atom. The van der Waals surface area contributed by atoms with Crippen molar-refractivity contribution in [1.29, 1.82) is 0 Å². The summed E-state index contributed by atoms with van der Waals surface area (Å²) >= 11 is 1.51. The van der Waals surface area contributed by atoms with Crippen LogP contribution < -0.4 is 5.56 Å². The molecule has 0 radical (unpaired) electrons. The van der Waals surface area contributed by atoms with Crippen molar-refractivity contribution >= 4 is 16.3 Å². The van der Waals surface area contributed by atoms with Crippen LogP contribution in [-0.2, 0) is 13.1 Å². The number of hydrogen-bond acceptors (Lipinski definition) is 4. The fourth-order valence-corrected chi connectivity index (χ4v) is 3.48. The predicted octanol–water partition coefficient (Wildman–Crippen LogP) is 3.00. The lowest BCUT2D eigenvalue weighted by Crippen LogP contribution is -2.22. The van der Waals surface area contributed by atoms with Gasteiger partial charge in [-0.25, -0.2) is 4.98 Å². The molecule has 0 bridgehead atoms. The first-order valence-electron chi connectivity index (χ1n) is 7.24. The van der Waals surface area contributed by atoms with Crippen molar-refractivity contribution in [3.8, 4) is 0 Å². The number of nitrogens with zero attached hydrogens (tertiary/aromatic N) is 3. The van der Waals surface area contributed by atoms with E-state index >= 15 is 0 Å². The largest absolute Gasteiger partial charge is 0.296 e. The molecule has 3 rings (SSSR count). The van der Waals surface area contributed by atoms with Gasteiger partial charge in [0.2, 0.25) is 0 Å². The fourth-order valence-electron chi connectivity index (χ4n) is 2.59. The van der Waals surface area contributed by atoms with Gasteiger partial charge in [-0.15, -0.1) is 11.3 Å². The minimum atomic E-state index is 0.00282. The minimum absolute atomic E-state index is 0.00282. The summed E-state index contributed by atoms with van der Waals surface area (Å²) in [6.45, 7) is 5.55. The Balaban J connectivity index is 1.81. The molecule has 22 heavy (non-hydrogen) atoms. The Kier molecular flexibility index (Phi) is 4.09. The van der Waals surface area contributed by atoms with E-state index in [4.69, 9.17) is 0 Å². The molecule has 2 aromatic heterocycles. The predicted molar refractivity (Wildman–Crippen MR) is 90.4 cm³/mol. The highest BCUT2D eigenvalue weighted by Crippen LogP contribution is 2.14. The average molecular weight is 313 g/mol. The Morgan fingerprint density at radius 3 is 2.77 bits per heavy atom. The SMILES string of the molecule is Cc1ccccc1CN(C)Cc1cc(=O)n2c(C)csc2n1. The minimum Gasteiger partial charge on any atom is -0.296 e. The summed E-state index contributed by atoms with van der Waals surface area (Å²) in [5.41, 5.74) is 4.35. The van der Waals surface area contributed by atoms with Crippen LogP contribution in [0.15, 0.2) is 40.5 Å². The van der Waals surface area contributed by atoms with Crippen molar-refractivity contribution in [1.82, 2.24) is 14.3 Å². The topological polar surface area (TPSA) is 37.6 Å². The molecule has 0 unspecified atom stereocenters. The molecule has 0 aliphatic rings. The number of fused-ring (bicyclic) bond motifs is 1. The van der Waals surface area contributed by atoms with Gasteiger partial charge >= 0.3 is 0 Å². The Hall–Kier alpha value is -1.98. The van der Waals surface area contributed by atoms with Crippen LogP contribution in [0.1, 0.15) is 22.5 Å². The molecule has 0 atom stereocenters. The molecule has 0 aliphatic heterocycles. The van der Waals surface area contributed by atoms with E-state index in [1.807, 2.05) is 18.4 Å². The van der Waals surface area contributed by atoms with Gasteiger partial charge in [0.05, 0.1) is 5.69 Å². The number of benzene rings is 1. The molecule has 0 spiro atoms. The second kappa shape index (κ2) is 6.02. The van der Waals surface area contributed by atoms with E-state index in [-0.39, 0.29) is 5.56 Å². The number of rotatable bonds is 4. The maximum absolute atomic E-state index is 12.2. The standard InChI is InChI=1S/C17H19N3OS/c1-12-6-4-5-7-14(12)9-19(3)10-15-8-16(21)20-13(2)11-22-17(20)18-15/h4-8,11H,9-10H2,1-3H3. The average Bonchev–Trinajstić information content (AvgIpc) is 2.83. The summed E-state index contributed by atoms with van der Waals surface area (Å²) in [7, 11) is 2.05. The highest BCUT2D eigenvalue weighted by Gasteiger charge is 2.09. The molecular formula is C17H19N3OS. The van der Waals surface area contributed by atoms with Crippen LogP contribution in [0.5, 0.6) is 0 Å². The Bertz CT molecular complexity index is 866. The first-order chi connectivity index (χ1) is 10.5. The monoisotopic (exact) mass is 313 g/mol. The lowest BCUT2D eigenvalue weighted by Gasteiger charge is -2.17. The molecule has 0 saturated carbocycles. The summed E-state index contributed by atoms with van der Waals surface area (Å²) < 4.78 is 1.66. The molecule has 0 saturated heterocycles. The molecule has 0 fully saturated rings. The van der Waals surface area contributed by atoms with Gasteiger partial charge in [0.25, 0.3) is 5.56 Å². The molecular weight excluding hydrogens is 294 g/mol. The van der Waals surface area contributed by atoms with Crippen molar-refractivity contribution in [2.45, 2.75) is 26.9 Å². The van der Waals surface area contributed by atoms with Crippen LogP contribution in [-0.4, -0.2) is 21.3 Å². The third kappa shape index (κ3) is 2.96. The fraction of sp³-hybridized carbons (Fsp3) is 0.294.